The minimum Gasteiger partial charge on any atom is -0.460 e. The van der Waals surface area contributed by atoms with E-state index in [4.69, 9.17) is 4.74 Å². The van der Waals surface area contributed by atoms with Crippen LogP contribution in [0.25, 0.3) is 0 Å². The number of rotatable bonds is 4. The van der Waals surface area contributed by atoms with Crippen LogP contribution in [0.3, 0.4) is 0 Å². The van der Waals surface area contributed by atoms with E-state index in [1.165, 1.54) is 6.08 Å². The second kappa shape index (κ2) is 5.45. The summed E-state index contributed by atoms with van der Waals surface area (Å²) in [4.78, 5) is 11.3. The minimum absolute atomic E-state index is 0.0727. The van der Waals surface area contributed by atoms with Crippen molar-refractivity contribution in [2.75, 3.05) is 6.26 Å². The molecular weight excluding hydrogens is 230 g/mol. The Bertz CT molecular complexity index is 365. The highest BCUT2D eigenvalue weighted by Crippen LogP contribution is 2.08. The van der Waals surface area contributed by atoms with Crippen molar-refractivity contribution < 1.29 is 23.7 Å². The first-order chi connectivity index (χ1) is 6.99. The molecule has 0 aromatic heterocycles. The molecule has 3 N–H and O–H groups in total. The van der Waals surface area contributed by atoms with Crippen molar-refractivity contribution in [3.05, 3.63) is 11.5 Å². The normalized spacial score (nSPS) is 15.1. The zero-order chi connectivity index (χ0) is 13.0. The Morgan fingerprint density at radius 2 is 1.94 bits per heavy atom. The minimum atomic E-state index is -3.16. The third-order valence-electron chi connectivity index (χ3n) is 1.45. The molecule has 0 aromatic carbocycles. The summed E-state index contributed by atoms with van der Waals surface area (Å²) in [6.45, 7) is 5.32. The summed E-state index contributed by atoms with van der Waals surface area (Å²) in [5.74, 6) is -0.384. The van der Waals surface area contributed by atoms with Crippen molar-refractivity contribution in [2.45, 2.75) is 38.8 Å². The van der Waals surface area contributed by atoms with Crippen LogP contribution < -0.4 is 5.73 Å². The molecule has 0 spiro atoms. The fraction of sp³-hybridized carbons (Fsp3) is 0.700. The summed E-state index contributed by atoms with van der Waals surface area (Å²) in [5.41, 5.74) is 3.13. The first-order valence-electron chi connectivity index (χ1n) is 4.93. The van der Waals surface area contributed by atoms with Gasteiger partial charge in [-0.05, 0) is 26.8 Å². The maximum atomic E-state index is 11.3. The quantitative estimate of drug-likeness (QED) is 0.705. The molecule has 0 saturated carbocycles. The van der Waals surface area contributed by atoms with Gasteiger partial charge in [-0.3, -0.25) is 4.79 Å². The van der Waals surface area contributed by atoms with Gasteiger partial charge in [0.05, 0.1) is 0 Å². The Labute approximate surface area is 96.6 Å². The lowest BCUT2D eigenvalue weighted by Gasteiger charge is -2.19. The molecule has 0 aliphatic heterocycles. The van der Waals surface area contributed by atoms with Gasteiger partial charge in [0, 0.05) is 11.7 Å². The van der Waals surface area contributed by atoms with Crippen molar-refractivity contribution in [3.63, 3.8) is 0 Å². The van der Waals surface area contributed by atoms with Crippen LogP contribution in [0.2, 0.25) is 0 Å². The molecular formula is C10H20NO4S+. The summed E-state index contributed by atoms with van der Waals surface area (Å²) in [6, 6.07) is -0.399. The molecule has 1 atom stereocenters. The second-order valence-electron chi connectivity index (χ2n) is 4.71. The SMILES string of the molecule is CC(C)(C)OC(=O)C[C@H]([NH3+])/C=C/S(C)(=O)=O. The lowest BCUT2D eigenvalue weighted by atomic mass is 10.2. The molecule has 0 saturated heterocycles. The van der Waals surface area contributed by atoms with E-state index in [-0.39, 0.29) is 12.4 Å². The predicted molar refractivity (Wildman–Crippen MR) is 61.1 cm³/mol. The molecule has 16 heavy (non-hydrogen) atoms. The largest absolute Gasteiger partial charge is 0.460 e. The number of ether oxygens (including phenoxy) is 1. The highest BCUT2D eigenvalue weighted by Gasteiger charge is 2.19. The third kappa shape index (κ3) is 9.67. The highest BCUT2D eigenvalue weighted by atomic mass is 32.2. The molecule has 0 bridgehead atoms. The van der Waals surface area contributed by atoms with Crippen LogP contribution in [-0.2, 0) is 19.4 Å². The van der Waals surface area contributed by atoms with E-state index < -0.39 is 21.5 Å². The van der Waals surface area contributed by atoms with Gasteiger partial charge in [0.15, 0.2) is 9.84 Å². The van der Waals surface area contributed by atoms with Gasteiger partial charge in [-0.1, -0.05) is 0 Å². The van der Waals surface area contributed by atoms with Gasteiger partial charge in [-0.15, -0.1) is 0 Å². The number of carbonyl (C=O) groups excluding carboxylic acids is 1. The molecule has 0 fully saturated rings. The third-order valence-corrected chi connectivity index (χ3v) is 2.10. The zero-order valence-electron chi connectivity index (χ0n) is 10.2. The molecule has 0 aromatic rings. The van der Waals surface area contributed by atoms with Crippen molar-refractivity contribution in [1.29, 1.82) is 0 Å². The van der Waals surface area contributed by atoms with Gasteiger partial charge >= 0.3 is 5.97 Å². The Morgan fingerprint density at radius 1 is 1.44 bits per heavy atom. The van der Waals surface area contributed by atoms with E-state index in [1.54, 1.807) is 20.8 Å². The van der Waals surface area contributed by atoms with Crippen LogP contribution in [0.4, 0.5) is 0 Å². The average Bonchev–Trinajstić information content (AvgIpc) is 1.95. The Balaban J connectivity index is 4.22. The summed E-state index contributed by atoms with van der Waals surface area (Å²) < 4.78 is 26.7. The van der Waals surface area contributed by atoms with E-state index >= 15 is 0 Å². The molecule has 6 heteroatoms. The molecule has 94 valence electrons. The second-order valence-corrected chi connectivity index (χ2v) is 6.64. The van der Waals surface area contributed by atoms with Crippen molar-refractivity contribution >= 4 is 15.8 Å². The highest BCUT2D eigenvalue weighted by molar-refractivity contribution is 7.93. The van der Waals surface area contributed by atoms with E-state index in [0.717, 1.165) is 11.7 Å². The number of hydrogen-bond donors (Lipinski definition) is 1. The first-order valence-corrected chi connectivity index (χ1v) is 6.88. The predicted octanol–water partition coefficient (Wildman–Crippen LogP) is -0.113. The van der Waals surface area contributed by atoms with Crippen molar-refractivity contribution in [2.24, 2.45) is 0 Å². The van der Waals surface area contributed by atoms with Crippen LogP contribution in [0, 0.1) is 0 Å². The van der Waals surface area contributed by atoms with Crippen LogP contribution in [-0.4, -0.2) is 32.3 Å². The van der Waals surface area contributed by atoms with Crippen LogP contribution in [0.15, 0.2) is 11.5 Å². The molecule has 0 amide bonds. The lowest BCUT2D eigenvalue weighted by molar-refractivity contribution is -0.402. The fourth-order valence-electron chi connectivity index (χ4n) is 0.919. The smallest absolute Gasteiger partial charge is 0.312 e. The van der Waals surface area contributed by atoms with Gasteiger partial charge < -0.3 is 10.5 Å². The number of carbonyl (C=O) groups is 1. The molecule has 0 aliphatic rings. The molecule has 0 radical (unpaired) electrons. The molecule has 0 aliphatic carbocycles. The molecule has 0 heterocycles. The van der Waals surface area contributed by atoms with E-state index in [1.807, 2.05) is 0 Å². The Hall–Kier alpha value is -0.880. The van der Waals surface area contributed by atoms with E-state index in [0.29, 0.717) is 0 Å². The maximum absolute atomic E-state index is 11.3. The monoisotopic (exact) mass is 250 g/mol. The van der Waals surface area contributed by atoms with Crippen LogP contribution >= 0.6 is 0 Å². The number of hydrogen-bond acceptors (Lipinski definition) is 4. The maximum Gasteiger partial charge on any atom is 0.312 e. The standard InChI is InChI=1S/C10H19NO4S/c1-10(2,3)15-9(12)7-8(11)5-6-16(4,13)14/h5-6,8H,7,11H2,1-4H3/p+1/b6-5+/t8-/m1/s1. The molecule has 0 rings (SSSR count). The van der Waals surface area contributed by atoms with Crippen LogP contribution in [0.1, 0.15) is 27.2 Å². The van der Waals surface area contributed by atoms with E-state index in [2.05, 4.69) is 5.73 Å². The van der Waals surface area contributed by atoms with Gasteiger partial charge in [-0.2, -0.15) is 0 Å². The summed E-state index contributed by atoms with van der Waals surface area (Å²) in [6.07, 6.45) is 2.55. The van der Waals surface area contributed by atoms with E-state index in [9.17, 15) is 13.2 Å². The van der Waals surface area contributed by atoms with Crippen molar-refractivity contribution in [1.82, 2.24) is 0 Å². The van der Waals surface area contributed by atoms with Crippen LogP contribution in [0.5, 0.6) is 0 Å². The summed E-state index contributed by atoms with van der Waals surface area (Å²) in [7, 11) is -3.16. The summed E-state index contributed by atoms with van der Waals surface area (Å²) >= 11 is 0. The fourth-order valence-corrected chi connectivity index (χ4v) is 1.43. The van der Waals surface area contributed by atoms with Gasteiger partial charge in [0.25, 0.3) is 0 Å². The number of sulfone groups is 1. The topological polar surface area (TPSA) is 88.1 Å². The first kappa shape index (κ1) is 15.1. The Morgan fingerprint density at radius 3 is 2.31 bits per heavy atom. The lowest BCUT2D eigenvalue weighted by Crippen LogP contribution is -2.60. The average molecular weight is 250 g/mol. The number of quaternary nitrogens is 1. The number of esters is 1. The van der Waals surface area contributed by atoms with Crippen molar-refractivity contribution in [3.8, 4) is 0 Å². The Kier molecular flexibility index (Phi) is 5.15. The van der Waals surface area contributed by atoms with Gasteiger partial charge in [0.2, 0.25) is 0 Å². The van der Waals surface area contributed by atoms with Gasteiger partial charge in [-0.25, -0.2) is 8.42 Å². The van der Waals surface area contributed by atoms with Gasteiger partial charge in [0.1, 0.15) is 18.1 Å². The summed E-state index contributed by atoms with van der Waals surface area (Å²) in [5, 5.41) is 1.05. The zero-order valence-corrected chi connectivity index (χ0v) is 11.0. The molecule has 0 unspecified atom stereocenters. The molecule has 5 nitrogen and oxygen atoms in total.